The Labute approximate surface area is 158 Å². The van der Waals surface area contributed by atoms with Crippen molar-refractivity contribution in [3.05, 3.63) is 46.4 Å². The van der Waals surface area contributed by atoms with Crippen molar-refractivity contribution in [3.8, 4) is 23.0 Å². The third-order valence-electron chi connectivity index (χ3n) is 4.12. The van der Waals surface area contributed by atoms with Crippen LogP contribution in [0.2, 0.25) is 10.0 Å². The third-order valence-corrected chi connectivity index (χ3v) is 4.60. The average Bonchev–Trinajstić information content (AvgIpc) is 2.63. The van der Waals surface area contributed by atoms with Gasteiger partial charge in [-0.25, -0.2) is 0 Å². The second-order valence-corrected chi connectivity index (χ2v) is 6.88. The van der Waals surface area contributed by atoms with Gasteiger partial charge >= 0.3 is 0 Å². The van der Waals surface area contributed by atoms with Crippen LogP contribution in [0.4, 0.5) is 0 Å². The Morgan fingerprint density at radius 2 is 1.72 bits per heavy atom. The molecule has 1 saturated heterocycles. The van der Waals surface area contributed by atoms with Gasteiger partial charge in [-0.2, -0.15) is 0 Å². The lowest BCUT2D eigenvalue weighted by molar-refractivity contribution is 0.213. The van der Waals surface area contributed by atoms with Crippen LogP contribution in [-0.2, 0) is 0 Å². The molecule has 3 rings (SSSR count). The monoisotopic (exact) mass is 381 g/mol. The van der Waals surface area contributed by atoms with Crippen LogP contribution in [0.5, 0.6) is 23.0 Å². The van der Waals surface area contributed by atoms with E-state index >= 15 is 0 Å². The van der Waals surface area contributed by atoms with Gasteiger partial charge in [-0.3, -0.25) is 0 Å². The molecule has 2 aromatic rings. The fourth-order valence-electron chi connectivity index (χ4n) is 2.80. The summed E-state index contributed by atoms with van der Waals surface area (Å²) >= 11 is 12.1. The first kappa shape index (κ1) is 18.2. The standard InChI is InChI=1S/C19H21Cl2NO3/c1-23-18-9-14(20)5-7-17(18)25-19-10-15(21)4-6-16(19)24-12-13-3-2-8-22-11-13/h4-7,9-10,13,22H,2-3,8,11-12H2,1H3/t13-/m0/s1. The van der Waals surface area contributed by atoms with E-state index < -0.39 is 0 Å². The molecule has 1 heterocycles. The van der Waals surface area contributed by atoms with Gasteiger partial charge in [0, 0.05) is 34.6 Å². The van der Waals surface area contributed by atoms with Crippen LogP contribution >= 0.6 is 23.2 Å². The largest absolute Gasteiger partial charge is 0.493 e. The van der Waals surface area contributed by atoms with Gasteiger partial charge in [-0.05, 0) is 43.7 Å². The Morgan fingerprint density at radius 3 is 2.40 bits per heavy atom. The normalized spacial score (nSPS) is 17.2. The fraction of sp³-hybridized carbons (Fsp3) is 0.368. The van der Waals surface area contributed by atoms with Crippen molar-refractivity contribution in [1.82, 2.24) is 5.32 Å². The van der Waals surface area contributed by atoms with Gasteiger partial charge < -0.3 is 19.5 Å². The summed E-state index contributed by atoms with van der Waals surface area (Å²) in [4.78, 5) is 0. The molecular weight excluding hydrogens is 361 g/mol. The number of hydrogen-bond acceptors (Lipinski definition) is 4. The maximum Gasteiger partial charge on any atom is 0.170 e. The highest BCUT2D eigenvalue weighted by atomic mass is 35.5. The van der Waals surface area contributed by atoms with Crippen LogP contribution in [0.15, 0.2) is 36.4 Å². The molecule has 2 aromatic carbocycles. The van der Waals surface area contributed by atoms with E-state index in [1.54, 1.807) is 37.4 Å². The minimum atomic E-state index is 0.502. The van der Waals surface area contributed by atoms with E-state index in [-0.39, 0.29) is 0 Å². The molecule has 0 bridgehead atoms. The van der Waals surface area contributed by atoms with Crippen molar-refractivity contribution in [2.45, 2.75) is 12.8 Å². The van der Waals surface area contributed by atoms with E-state index in [0.717, 1.165) is 13.1 Å². The molecule has 0 aliphatic carbocycles. The second kappa shape index (κ2) is 8.65. The topological polar surface area (TPSA) is 39.7 Å². The zero-order chi connectivity index (χ0) is 17.6. The number of methoxy groups -OCH3 is 1. The SMILES string of the molecule is COc1cc(Cl)ccc1Oc1cc(Cl)ccc1OC[C@H]1CCCNC1. The van der Waals surface area contributed by atoms with Crippen molar-refractivity contribution in [1.29, 1.82) is 0 Å². The minimum Gasteiger partial charge on any atom is -0.493 e. The number of benzene rings is 2. The number of halogens is 2. The van der Waals surface area contributed by atoms with Crippen LogP contribution < -0.4 is 19.5 Å². The number of nitrogens with one attached hydrogen (secondary N) is 1. The summed E-state index contributed by atoms with van der Waals surface area (Å²) in [5.41, 5.74) is 0. The van der Waals surface area contributed by atoms with Gasteiger partial charge in [0.25, 0.3) is 0 Å². The quantitative estimate of drug-likeness (QED) is 0.748. The van der Waals surface area contributed by atoms with Gasteiger partial charge in [-0.1, -0.05) is 23.2 Å². The maximum absolute atomic E-state index is 6.13. The molecule has 0 aromatic heterocycles. The highest BCUT2D eigenvalue weighted by Gasteiger charge is 2.16. The average molecular weight is 382 g/mol. The summed E-state index contributed by atoms with van der Waals surface area (Å²) in [6.07, 6.45) is 2.35. The molecule has 0 unspecified atom stereocenters. The Morgan fingerprint density at radius 1 is 1.00 bits per heavy atom. The zero-order valence-corrected chi connectivity index (χ0v) is 15.6. The summed E-state index contributed by atoms with van der Waals surface area (Å²) in [7, 11) is 1.57. The third kappa shape index (κ3) is 4.94. The predicted molar refractivity (Wildman–Crippen MR) is 101 cm³/mol. The molecule has 134 valence electrons. The summed E-state index contributed by atoms with van der Waals surface area (Å²) in [6.45, 7) is 2.71. The number of ether oxygens (including phenoxy) is 3. The Balaban J connectivity index is 1.77. The lowest BCUT2D eigenvalue weighted by atomic mass is 10.0. The van der Waals surface area contributed by atoms with Gasteiger partial charge in [-0.15, -0.1) is 0 Å². The summed E-state index contributed by atoms with van der Waals surface area (Å²) < 4.78 is 17.3. The van der Waals surface area contributed by atoms with Gasteiger partial charge in [0.05, 0.1) is 13.7 Å². The second-order valence-electron chi connectivity index (χ2n) is 6.01. The molecule has 0 radical (unpaired) electrons. The first-order valence-electron chi connectivity index (χ1n) is 8.30. The summed E-state index contributed by atoms with van der Waals surface area (Å²) in [5, 5.41) is 4.55. The molecule has 1 atom stereocenters. The van der Waals surface area contributed by atoms with Crippen molar-refractivity contribution in [3.63, 3.8) is 0 Å². The molecule has 1 fully saturated rings. The van der Waals surface area contributed by atoms with Gasteiger partial charge in [0.1, 0.15) is 0 Å². The van der Waals surface area contributed by atoms with E-state index in [4.69, 9.17) is 37.4 Å². The smallest absolute Gasteiger partial charge is 0.170 e. The number of rotatable bonds is 6. The molecule has 6 heteroatoms. The molecule has 0 spiro atoms. The molecule has 1 aliphatic heterocycles. The highest BCUT2D eigenvalue weighted by molar-refractivity contribution is 6.31. The fourth-order valence-corrected chi connectivity index (χ4v) is 3.12. The maximum atomic E-state index is 6.13. The van der Waals surface area contributed by atoms with Crippen LogP contribution in [0.1, 0.15) is 12.8 Å². The lowest BCUT2D eigenvalue weighted by Crippen LogP contribution is -2.33. The molecule has 0 amide bonds. The van der Waals surface area contributed by atoms with E-state index in [9.17, 15) is 0 Å². The van der Waals surface area contributed by atoms with E-state index in [1.165, 1.54) is 12.8 Å². The Bertz CT molecular complexity index is 718. The summed E-state index contributed by atoms with van der Waals surface area (Å²) in [6, 6.07) is 10.6. The molecule has 1 aliphatic rings. The zero-order valence-electron chi connectivity index (χ0n) is 14.1. The van der Waals surface area contributed by atoms with Crippen LogP contribution in [-0.4, -0.2) is 26.8 Å². The van der Waals surface area contributed by atoms with Crippen LogP contribution in [0.25, 0.3) is 0 Å². The molecule has 0 saturated carbocycles. The van der Waals surface area contributed by atoms with Crippen LogP contribution in [0, 0.1) is 5.92 Å². The number of piperidine rings is 1. The lowest BCUT2D eigenvalue weighted by Gasteiger charge is -2.23. The molecule has 4 nitrogen and oxygen atoms in total. The van der Waals surface area contributed by atoms with E-state index in [2.05, 4.69) is 5.32 Å². The Hall–Kier alpha value is -1.62. The van der Waals surface area contributed by atoms with Crippen molar-refractivity contribution >= 4 is 23.2 Å². The van der Waals surface area contributed by atoms with E-state index in [0.29, 0.717) is 45.6 Å². The van der Waals surface area contributed by atoms with Gasteiger partial charge in [0.15, 0.2) is 23.0 Å². The molecule has 1 N–H and O–H groups in total. The predicted octanol–water partition coefficient (Wildman–Crippen LogP) is 5.17. The minimum absolute atomic E-state index is 0.502. The van der Waals surface area contributed by atoms with Gasteiger partial charge in [0.2, 0.25) is 0 Å². The van der Waals surface area contributed by atoms with Crippen molar-refractivity contribution < 1.29 is 14.2 Å². The number of hydrogen-bond donors (Lipinski definition) is 1. The first-order chi connectivity index (χ1) is 12.2. The summed E-state index contributed by atoms with van der Waals surface area (Å²) in [5.74, 6) is 2.82. The van der Waals surface area contributed by atoms with Crippen LogP contribution in [0.3, 0.4) is 0 Å². The van der Waals surface area contributed by atoms with Crippen molar-refractivity contribution in [2.75, 3.05) is 26.8 Å². The highest BCUT2D eigenvalue weighted by Crippen LogP contribution is 2.39. The molecule has 25 heavy (non-hydrogen) atoms. The van der Waals surface area contributed by atoms with E-state index in [1.807, 2.05) is 6.07 Å². The Kier molecular flexibility index (Phi) is 6.29. The first-order valence-corrected chi connectivity index (χ1v) is 9.06. The van der Waals surface area contributed by atoms with Crippen molar-refractivity contribution in [2.24, 2.45) is 5.92 Å². The molecular formula is C19H21Cl2NO3.